The van der Waals surface area contributed by atoms with E-state index in [1.807, 2.05) is 0 Å². The molecule has 0 atom stereocenters. The Bertz CT molecular complexity index is 298. The van der Waals surface area contributed by atoms with Crippen LogP contribution in [0.25, 0.3) is 0 Å². The molecule has 0 fully saturated rings. The first kappa shape index (κ1) is 8.14. The number of hydrogen-bond acceptors (Lipinski definition) is 2. The third-order valence-electron chi connectivity index (χ3n) is 1.32. The quantitative estimate of drug-likeness (QED) is 0.355. The summed E-state index contributed by atoms with van der Waals surface area (Å²) in [6, 6.07) is 1.63. The molecule has 0 unspecified atom stereocenters. The van der Waals surface area contributed by atoms with Crippen molar-refractivity contribution in [2.75, 3.05) is 0 Å². The monoisotopic (exact) mass is 171 g/mol. The van der Waals surface area contributed by atoms with E-state index in [9.17, 15) is 4.79 Å². The molecule has 11 heavy (non-hydrogen) atoms. The Balaban J connectivity index is 3.15. The van der Waals surface area contributed by atoms with Gasteiger partial charge in [-0.2, -0.15) is 0 Å². The normalized spacial score (nSPS) is 9.73. The van der Waals surface area contributed by atoms with E-state index in [1.54, 1.807) is 23.9 Å². The van der Waals surface area contributed by atoms with E-state index in [4.69, 9.17) is 11.6 Å². The number of halogens is 1. The number of aromatic nitrogens is 2. The van der Waals surface area contributed by atoms with Crippen molar-refractivity contribution in [2.45, 2.75) is 6.92 Å². The summed E-state index contributed by atoms with van der Waals surface area (Å²) in [5.41, 5.74) is 0.396. The highest BCUT2D eigenvalue weighted by Crippen LogP contribution is 1.98. The molecule has 0 bridgehead atoms. The summed E-state index contributed by atoms with van der Waals surface area (Å²) in [6.07, 6.45) is 1.70. The van der Waals surface area contributed by atoms with E-state index < -0.39 is 0 Å². The standard InChI is InChI=1S/C7H8ClN2O/c1-5(11)6-3-4-10(2)7(8)9-6/h3-4H,1-2H3/q+1. The van der Waals surface area contributed by atoms with Gasteiger partial charge in [0.2, 0.25) is 11.5 Å². The first-order valence-electron chi connectivity index (χ1n) is 3.14. The van der Waals surface area contributed by atoms with Crippen molar-refractivity contribution in [1.82, 2.24) is 4.98 Å². The molecule has 0 aromatic carbocycles. The van der Waals surface area contributed by atoms with Gasteiger partial charge in [-0.25, -0.2) is 4.57 Å². The molecule has 0 radical (unpaired) electrons. The lowest BCUT2D eigenvalue weighted by molar-refractivity contribution is -0.672. The molecular formula is C7H8ClN2O+. The van der Waals surface area contributed by atoms with Crippen molar-refractivity contribution in [3.63, 3.8) is 0 Å². The second-order valence-electron chi connectivity index (χ2n) is 2.25. The summed E-state index contributed by atoms with van der Waals surface area (Å²) in [4.78, 5) is 14.6. The molecule has 4 heteroatoms. The molecular weight excluding hydrogens is 164 g/mol. The number of hydrogen-bond donors (Lipinski definition) is 0. The third kappa shape index (κ3) is 1.74. The van der Waals surface area contributed by atoms with Crippen LogP contribution in [0.15, 0.2) is 12.3 Å². The number of Topliss-reactive ketones (excluding diaryl/α,β-unsaturated/α-hetero) is 1. The van der Waals surface area contributed by atoms with Crippen molar-refractivity contribution in [1.29, 1.82) is 0 Å². The Morgan fingerprint density at radius 2 is 2.36 bits per heavy atom. The predicted molar refractivity (Wildman–Crippen MR) is 40.4 cm³/mol. The Hall–Kier alpha value is -0.960. The average Bonchev–Trinajstić information content (AvgIpc) is 1.94. The van der Waals surface area contributed by atoms with Gasteiger partial charge in [0.15, 0.2) is 0 Å². The molecule has 1 rings (SSSR count). The summed E-state index contributed by atoms with van der Waals surface area (Å²) >= 11 is 5.66. The van der Waals surface area contributed by atoms with Gasteiger partial charge < -0.3 is 0 Å². The Kier molecular flexibility index (Phi) is 2.19. The van der Waals surface area contributed by atoms with E-state index in [0.717, 1.165) is 0 Å². The van der Waals surface area contributed by atoms with Crippen LogP contribution in [0.1, 0.15) is 17.4 Å². The lowest BCUT2D eigenvalue weighted by atomic mass is 10.3. The SMILES string of the molecule is CC(=O)c1cc[n+](C)c(Cl)n1. The first-order valence-corrected chi connectivity index (χ1v) is 3.52. The Morgan fingerprint density at radius 1 is 1.73 bits per heavy atom. The van der Waals surface area contributed by atoms with E-state index in [1.165, 1.54) is 6.92 Å². The molecule has 3 nitrogen and oxygen atoms in total. The van der Waals surface area contributed by atoms with E-state index >= 15 is 0 Å². The van der Waals surface area contributed by atoms with E-state index in [-0.39, 0.29) is 5.78 Å². The summed E-state index contributed by atoms with van der Waals surface area (Å²) in [5, 5.41) is 0.317. The molecule has 0 spiro atoms. The lowest BCUT2D eigenvalue weighted by Crippen LogP contribution is -2.30. The van der Waals surface area contributed by atoms with Crippen LogP contribution >= 0.6 is 11.6 Å². The third-order valence-corrected chi connectivity index (χ3v) is 1.67. The molecule has 0 saturated carbocycles. The number of aryl methyl sites for hydroxylation is 1. The summed E-state index contributed by atoms with van der Waals surface area (Å²) < 4.78 is 1.63. The molecule has 0 saturated heterocycles. The predicted octanol–water partition coefficient (Wildman–Crippen LogP) is 0.762. The minimum Gasteiger partial charge on any atom is -0.290 e. The van der Waals surface area contributed by atoms with E-state index in [0.29, 0.717) is 11.0 Å². The van der Waals surface area contributed by atoms with Crippen molar-refractivity contribution in [3.8, 4) is 0 Å². The molecule has 58 valence electrons. The van der Waals surface area contributed by atoms with Gasteiger partial charge in [-0.15, -0.1) is 0 Å². The second kappa shape index (κ2) is 2.96. The minimum absolute atomic E-state index is 0.0764. The van der Waals surface area contributed by atoms with E-state index in [2.05, 4.69) is 4.98 Å². The summed E-state index contributed by atoms with van der Waals surface area (Å²) in [5.74, 6) is -0.0764. The lowest BCUT2D eigenvalue weighted by Gasteiger charge is -1.90. The Labute approximate surface area is 69.6 Å². The van der Waals surface area contributed by atoms with Crippen LogP contribution in [0.4, 0.5) is 0 Å². The first-order chi connectivity index (χ1) is 5.11. The smallest absolute Gasteiger partial charge is 0.290 e. The second-order valence-corrected chi connectivity index (χ2v) is 2.59. The van der Waals surface area contributed by atoms with Gasteiger partial charge >= 0.3 is 5.28 Å². The van der Waals surface area contributed by atoms with Crippen LogP contribution < -0.4 is 4.57 Å². The maximum atomic E-state index is 10.8. The largest absolute Gasteiger partial charge is 0.396 e. The molecule has 1 aromatic heterocycles. The highest BCUT2D eigenvalue weighted by molar-refractivity contribution is 6.27. The molecule has 0 amide bonds. The van der Waals surface area contributed by atoms with Crippen LogP contribution in [0, 0.1) is 0 Å². The van der Waals surface area contributed by atoms with Crippen molar-refractivity contribution < 1.29 is 9.36 Å². The highest BCUT2D eigenvalue weighted by atomic mass is 35.5. The fourth-order valence-electron chi connectivity index (χ4n) is 0.656. The van der Waals surface area contributed by atoms with Crippen LogP contribution in [0.2, 0.25) is 5.28 Å². The average molecular weight is 172 g/mol. The molecule has 0 aliphatic heterocycles. The van der Waals surface area contributed by atoms with Crippen LogP contribution in [0.5, 0.6) is 0 Å². The fourth-order valence-corrected chi connectivity index (χ4v) is 0.803. The van der Waals surface area contributed by atoms with Gasteiger partial charge in [0.05, 0.1) is 13.2 Å². The number of carbonyl (C=O) groups is 1. The molecule has 0 aliphatic rings. The van der Waals surface area contributed by atoms with Crippen LogP contribution in [-0.4, -0.2) is 10.8 Å². The zero-order chi connectivity index (χ0) is 8.43. The summed E-state index contributed by atoms with van der Waals surface area (Å²) in [6.45, 7) is 1.46. The van der Waals surface area contributed by atoms with Gasteiger partial charge in [-0.05, 0) is 4.98 Å². The van der Waals surface area contributed by atoms with Crippen LogP contribution in [-0.2, 0) is 7.05 Å². The number of ketones is 1. The maximum Gasteiger partial charge on any atom is 0.396 e. The molecule has 0 aliphatic carbocycles. The Morgan fingerprint density at radius 3 is 2.82 bits per heavy atom. The molecule has 0 N–H and O–H groups in total. The number of nitrogens with zero attached hydrogens (tertiary/aromatic N) is 2. The van der Waals surface area contributed by atoms with Gasteiger partial charge in [0.25, 0.3) is 0 Å². The topological polar surface area (TPSA) is 33.8 Å². The summed E-state index contributed by atoms with van der Waals surface area (Å²) in [7, 11) is 1.76. The maximum absolute atomic E-state index is 10.8. The van der Waals surface area contributed by atoms with Crippen molar-refractivity contribution >= 4 is 17.4 Å². The van der Waals surface area contributed by atoms with Gasteiger partial charge in [0, 0.05) is 24.6 Å². The molecule has 1 heterocycles. The van der Waals surface area contributed by atoms with Crippen LogP contribution in [0.3, 0.4) is 0 Å². The minimum atomic E-state index is -0.0764. The van der Waals surface area contributed by atoms with Crippen molar-refractivity contribution in [2.24, 2.45) is 7.05 Å². The fraction of sp³-hybridized carbons (Fsp3) is 0.286. The van der Waals surface area contributed by atoms with Gasteiger partial charge in [-0.1, -0.05) is 0 Å². The van der Waals surface area contributed by atoms with Crippen molar-refractivity contribution in [3.05, 3.63) is 23.2 Å². The highest BCUT2D eigenvalue weighted by Gasteiger charge is 2.11. The molecule has 1 aromatic rings. The number of carbonyl (C=O) groups excluding carboxylic acids is 1. The number of rotatable bonds is 1. The zero-order valence-corrected chi connectivity index (χ0v) is 7.09. The zero-order valence-electron chi connectivity index (χ0n) is 6.34. The van der Waals surface area contributed by atoms with Gasteiger partial charge in [0.1, 0.15) is 0 Å². The van der Waals surface area contributed by atoms with Gasteiger partial charge in [-0.3, -0.25) is 4.79 Å².